The van der Waals surface area contributed by atoms with Crippen LogP contribution in [0.1, 0.15) is 17.3 Å². The molecule has 0 saturated carbocycles. The summed E-state index contributed by atoms with van der Waals surface area (Å²) in [5.41, 5.74) is 0.0966. The van der Waals surface area contributed by atoms with Crippen LogP contribution in [0.4, 0.5) is 0 Å². The van der Waals surface area contributed by atoms with Crippen molar-refractivity contribution in [2.75, 3.05) is 33.9 Å². The SMILES string of the molecule is CCOc1ccccc1C(=O)[O-].C[NH+](C)CCO. The van der Waals surface area contributed by atoms with E-state index in [4.69, 9.17) is 9.84 Å². The molecule has 0 spiro atoms. The number of hydrogen-bond acceptors (Lipinski definition) is 4. The number of carboxylic acids is 1. The molecule has 0 unspecified atom stereocenters. The van der Waals surface area contributed by atoms with Crippen LogP contribution in [0.25, 0.3) is 0 Å². The molecule has 0 heterocycles. The summed E-state index contributed by atoms with van der Waals surface area (Å²) in [5, 5.41) is 18.7. The third-order valence-corrected chi connectivity index (χ3v) is 2.02. The van der Waals surface area contributed by atoms with Gasteiger partial charge in [-0.25, -0.2) is 0 Å². The summed E-state index contributed by atoms with van der Waals surface area (Å²) in [4.78, 5) is 11.8. The number of ether oxygens (including phenoxy) is 1. The number of aromatic carboxylic acids is 1. The highest BCUT2D eigenvalue weighted by Crippen LogP contribution is 2.16. The number of benzene rings is 1. The lowest BCUT2D eigenvalue weighted by molar-refractivity contribution is -0.858. The highest BCUT2D eigenvalue weighted by molar-refractivity contribution is 5.89. The first-order valence-electron chi connectivity index (χ1n) is 5.86. The second kappa shape index (κ2) is 9.44. The topological polar surface area (TPSA) is 74.0 Å². The van der Waals surface area contributed by atoms with Crippen molar-refractivity contribution in [3.63, 3.8) is 0 Å². The minimum atomic E-state index is -1.21. The molecular weight excluding hydrogens is 234 g/mol. The van der Waals surface area contributed by atoms with Crippen LogP contribution in [0.15, 0.2) is 24.3 Å². The van der Waals surface area contributed by atoms with E-state index in [9.17, 15) is 9.90 Å². The van der Waals surface area contributed by atoms with E-state index in [1.807, 2.05) is 14.1 Å². The highest BCUT2D eigenvalue weighted by atomic mass is 16.5. The predicted octanol–water partition coefficient (Wildman–Crippen LogP) is -1.43. The minimum Gasteiger partial charge on any atom is -0.545 e. The number of aliphatic hydroxyl groups is 1. The van der Waals surface area contributed by atoms with Gasteiger partial charge in [0, 0.05) is 5.56 Å². The lowest BCUT2D eigenvalue weighted by atomic mass is 10.2. The molecule has 102 valence electrons. The molecule has 0 aromatic heterocycles. The number of carbonyl (C=O) groups is 1. The molecule has 5 heteroatoms. The maximum Gasteiger partial charge on any atom is 0.128 e. The van der Waals surface area contributed by atoms with E-state index in [2.05, 4.69) is 0 Å². The van der Waals surface area contributed by atoms with Crippen LogP contribution in [0, 0.1) is 0 Å². The van der Waals surface area contributed by atoms with Crippen LogP contribution >= 0.6 is 0 Å². The van der Waals surface area contributed by atoms with Gasteiger partial charge in [0.05, 0.1) is 33.3 Å². The fourth-order valence-electron chi connectivity index (χ4n) is 1.14. The number of nitrogens with one attached hydrogen (secondary N) is 1. The van der Waals surface area contributed by atoms with Crippen LogP contribution in [-0.4, -0.2) is 44.9 Å². The predicted molar refractivity (Wildman–Crippen MR) is 66.7 cm³/mol. The highest BCUT2D eigenvalue weighted by Gasteiger charge is 2.01. The third kappa shape index (κ3) is 6.88. The fraction of sp³-hybridized carbons (Fsp3) is 0.462. The Morgan fingerprint density at radius 3 is 2.39 bits per heavy atom. The van der Waals surface area contributed by atoms with Gasteiger partial charge in [-0.1, -0.05) is 12.1 Å². The first-order chi connectivity index (χ1) is 8.52. The summed E-state index contributed by atoms with van der Waals surface area (Å²) in [6.45, 7) is 3.39. The zero-order chi connectivity index (χ0) is 14.0. The average molecular weight is 255 g/mol. The number of hydrogen-bond donors (Lipinski definition) is 2. The summed E-state index contributed by atoms with van der Waals surface area (Å²) in [6, 6.07) is 6.42. The van der Waals surface area contributed by atoms with Crippen molar-refractivity contribution in [3.05, 3.63) is 29.8 Å². The molecule has 0 aliphatic rings. The Balaban J connectivity index is 0.000000411. The van der Waals surface area contributed by atoms with Gasteiger partial charge < -0.3 is 24.6 Å². The summed E-state index contributed by atoms with van der Waals surface area (Å²) >= 11 is 0. The molecule has 18 heavy (non-hydrogen) atoms. The van der Waals surface area contributed by atoms with Crippen molar-refractivity contribution in [3.8, 4) is 5.75 Å². The Bertz CT molecular complexity index is 353. The molecule has 0 aliphatic heterocycles. The normalized spacial score (nSPS) is 9.61. The molecule has 1 rings (SSSR count). The van der Waals surface area contributed by atoms with Gasteiger partial charge in [-0.3, -0.25) is 0 Å². The molecular formula is C13H21NO4. The van der Waals surface area contributed by atoms with E-state index in [-0.39, 0.29) is 5.56 Å². The third-order valence-electron chi connectivity index (χ3n) is 2.02. The van der Waals surface area contributed by atoms with Gasteiger partial charge in [0.25, 0.3) is 0 Å². The molecule has 0 amide bonds. The zero-order valence-electron chi connectivity index (χ0n) is 11.1. The molecule has 0 bridgehead atoms. The Labute approximate surface area is 108 Å². The molecule has 1 aromatic carbocycles. The van der Waals surface area contributed by atoms with Crippen LogP contribution in [0.3, 0.4) is 0 Å². The second-order valence-electron chi connectivity index (χ2n) is 3.90. The Kier molecular flexibility index (Phi) is 8.61. The molecule has 0 saturated heterocycles. The Morgan fingerprint density at radius 1 is 1.39 bits per heavy atom. The van der Waals surface area contributed by atoms with Gasteiger partial charge in [0.15, 0.2) is 0 Å². The number of carbonyl (C=O) groups excluding carboxylic acids is 1. The monoisotopic (exact) mass is 255 g/mol. The molecule has 5 nitrogen and oxygen atoms in total. The first-order valence-corrected chi connectivity index (χ1v) is 5.86. The number of aliphatic hydroxyl groups excluding tert-OH is 1. The summed E-state index contributed by atoms with van der Waals surface area (Å²) in [7, 11) is 4.02. The van der Waals surface area contributed by atoms with Crippen LogP contribution < -0.4 is 14.7 Å². The fourth-order valence-corrected chi connectivity index (χ4v) is 1.14. The van der Waals surface area contributed by atoms with E-state index in [0.29, 0.717) is 19.0 Å². The van der Waals surface area contributed by atoms with Crippen LogP contribution in [0.2, 0.25) is 0 Å². The van der Waals surface area contributed by atoms with Crippen LogP contribution in [0.5, 0.6) is 5.75 Å². The maximum absolute atomic E-state index is 10.5. The largest absolute Gasteiger partial charge is 0.545 e. The smallest absolute Gasteiger partial charge is 0.128 e. The van der Waals surface area contributed by atoms with E-state index in [1.54, 1.807) is 25.1 Å². The van der Waals surface area contributed by atoms with E-state index < -0.39 is 5.97 Å². The summed E-state index contributed by atoms with van der Waals surface area (Å²) in [5.74, 6) is -0.848. The number of rotatable bonds is 5. The number of carboxylic acid groups (broad SMARTS) is 1. The van der Waals surface area contributed by atoms with Crippen molar-refractivity contribution in [2.45, 2.75) is 6.92 Å². The van der Waals surface area contributed by atoms with Crippen molar-refractivity contribution in [1.29, 1.82) is 0 Å². The van der Waals surface area contributed by atoms with E-state index in [0.717, 1.165) is 6.54 Å². The molecule has 0 aliphatic carbocycles. The number of likely N-dealkylation sites (N-methyl/N-ethyl adjacent to an activating group) is 1. The van der Waals surface area contributed by atoms with Crippen molar-refractivity contribution in [2.24, 2.45) is 0 Å². The Hall–Kier alpha value is -1.59. The van der Waals surface area contributed by atoms with Crippen molar-refractivity contribution < 1.29 is 24.6 Å². The summed E-state index contributed by atoms with van der Waals surface area (Å²) in [6.07, 6.45) is 0. The Morgan fingerprint density at radius 2 is 2.00 bits per heavy atom. The van der Waals surface area contributed by atoms with E-state index >= 15 is 0 Å². The quantitative estimate of drug-likeness (QED) is 0.677. The van der Waals surface area contributed by atoms with E-state index in [1.165, 1.54) is 11.0 Å². The molecule has 1 aromatic rings. The van der Waals surface area contributed by atoms with Gasteiger partial charge in [-0.05, 0) is 19.1 Å². The average Bonchev–Trinajstić information content (AvgIpc) is 2.30. The van der Waals surface area contributed by atoms with Crippen molar-refractivity contribution >= 4 is 5.97 Å². The summed E-state index contributed by atoms with van der Waals surface area (Å²) < 4.78 is 5.08. The zero-order valence-corrected chi connectivity index (χ0v) is 11.1. The second-order valence-corrected chi connectivity index (χ2v) is 3.90. The molecule has 2 N–H and O–H groups in total. The minimum absolute atomic E-state index is 0.0966. The number of para-hydroxylation sites is 1. The standard InChI is InChI=1S/C9H10O3.C4H11NO/c1-2-12-8-6-4-3-5-7(8)9(10)11;1-5(2)3-4-6/h3-6H,2H2,1H3,(H,10,11);6H,3-4H2,1-2H3. The van der Waals surface area contributed by atoms with Gasteiger partial charge in [0.2, 0.25) is 0 Å². The lowest BCUT2D eigenvalue weighted by Gasteiger charge is -2.09. The van der Waals surface area contributed by atoms with Gasteiger partial charge in [-0.2, -0.15) is 0 Å². The first kappa shape index (κ1) is 16.4. The molecule has 0 atom stereocenters. The molecule has 0 fully saturated rings. The van der Waals surface area contributed by atoms with Gasteiger partial charge in [0.1, 0.15) is 12.3 Å². The van der Waals surface area contributed by atoms with Crippen LogP contribution in [-0.2, 0) is 0 Å². The van der Waals surface area contributed by atoms with Gasteiger partial charge in [-0.15, -0.1) is 0 Å². The maximum atomic E-state index is 10.5. The molecule has 0 radical (unpaired) electrons. The van der Waals surface area contributed by atoms with Gasteiger partial charge >= 0.3 is 0 Å². The van der Waals surface area contributed by atoms with Crippen molar-refractivity contribution in [1.82, 2.24) is 0 Å². The number of quaternary nitrogens is 1. The lowest BCUT2D eigenvalue weighted by Crippen LogP contribution is -3.06.